The van der Waals surface area contributed by atoms with Crippen LogP contribution in [0.25, 0.3) is 0 Å². The predicted octanol–water partition coefficient (Wildman–Crippen LogP) is 3.29. The molecule has 0 aliphatic rings. The highest BCUT2D eigenvalue weighted by Crippen LogP contribution is 2.14. The van der Waals surface area contributed by atoms with Gasteiger partial charge in [-0.2, -0.15) is 0 Å². The molecule has 0 heterocycles. The summed E-state index contributed by atoms with van der Waals surface area (Å²) in [7, 11) is 0. The van der Waals surface area contributed by atoms with Crippen molar-refractivity contribution in [2.75, 3.05) is 0 Å². The lowest BCUT2D eigenvalue weighted by Crippen LogP contribution is -2.49. The number of hydrogen-bond acceptors (Lipinski definition) is 5. The zero-order valence-electron chi connectivity index (χ0n) is 14.9. The molecule has 0 saturated heterocycles. The van der Waals surface area contributed by atoms with Crippen LogP contribution in [0.3, 0.4) is 0 Å². The molecule has 0 saturated carbocycles. The molecule has 6 heteroatoms. The second-order valence-electron chi connectivity index (χ2n) is 6.37. The van der Waals surface area contributed by atoms with Gasteiger partial charge in [0.15, 0.2) is 0 Å². The Bertz CT molecular complexity index is 577. The number of carbonyl (C=O) groups is 3. The van der Waals surface area contributed by atoms with E-state index < -0.39 is 29.6 Å². The molecule has 1 aromatic carbocycles. The topological polar surface area (TPSA) is 72.9 Å². The number of benzene rings is 1. The summed E-state index contributed by atoms with van der Waals surface area (Å²) in [6.45, 7) is 8.21. The summed E-state index contributed by atoms with van der Waals surface area (Å²) in [5, 5.41) is 0. The monoisotopic (exact) mass is 335 g/mol. The summed E-state index contributed by atoms with van der Waals surface area (Å²) in [5.41, 5.74) is 0.0560. The molecular weight excluding hydrogens is 310 g/mol. The van der Waals surface area contributed by atoms with E-state index in [0.29, 0.717) is 0 Å². The minimum absolute atomic E-state index is 0.0759. The molecule has 0 aromatic heterocycles. The fraction of sp³-hybridized carbons (Fsp3) is 0.500. The first-order chi connectivity index (χ1) is 11.2. The van der Waals surface area contributed by atoms with Crippen molar-refractivity contribution >= 4 is 18.0 Å². The van der Waals surface area contributed by atoms with Crippen molar-refractivity contribution in [2.45, 2.75) is 59.3 Å². The molecule has 6 nitrogen and oxygen atoms in total. The molecule has 1 atom stereocenters. The van der Waals surface area contributed by atoms with E-state index in [1.807, 2.05) is 30.3 Å². The van der Waals surface area contributed by atoms with E-state index in [2.05, 4.69) is 0 Å². The standard InChI is InChI=1S/C18H25NO5/c1-6-15(20)19(17(22)24-18(3,4)5)13(2)16(21)23-12-14-10-8-7-9-11-14/h7-11,13H,6,12H2,1-5H3/t13-/m1/s1. The van der Waals surface area contributed by atoms with Crippen LogP contribution >= 0.6 is 0 Å². The Morgan fingerprint density at radius 2 is 1.71 bits per heavy atom. The van der Waals surface area contributed by atoms with Crippen molar-refractivity contribution in [3.63, 3.8) is 0 Å². The first-order valence-electron chi connectivity index (χ1n) is 7.91. The van der Waals surface area contributed by atoms with Gasteiger partial charge in [0.1, 0.15) is 18.2 Å². The Kier molecular flexibility index (Phi) is 6.95. The number of hydrogen-bond donors (Lipinski definition) is 0. The number of amides is 2. The van der Waals surface area contributed by atoms with E-state index >= 15 is 0 Å². The van der Waals surface area contributed by atoms with Gasteiger partial charge in [-0.1, -0.05) is 37.3 Å². The number of ether oxygens (including phenoxy) is 2. The second-order valence-corrected chi connectivity index (χ2v) is 6.37. The van der Waals surface area contributed by atoms with Crippen molar-refractivity contribution in [3.8, 4) is 0 Å². The van der Waals surface area contributed by atoms with Crippen LogP contribution in [0.15, 0.2) is 30.3 Å². The van der Waals surface area contributed by atoms with E-state index in [4.69, 9.17) is 9.47 Å². The van der Waals surface area contributed by atoms with E-state index in [9.17, 15) is 14.4 Å². The summed E-state index contributed by atoms with van der Waals surface area (Å²) in [4.78, 5) is 37.4. The summed E-state index contributed by atoms with van der Waals surface area (Å²) in [6.07, 6.45) is -0.770. The fourth-order valence-corrected chi connectivity index (χ4v) is 1.91. The summed E-state index contributed by atoms with van der Waals surface area (Å²) in [6, 6.07) is 8.11. The van der Waals surface area contributed by atoms with Gasteiger partial charge in [-0.05, 0) is 33.3 Å². The minimum Gasteiger partial charge on any atom is -0.459 e. The van der Waals surface area contributed by atoms with Crippen molar-refractivity contribution in [3.05, 3.63) is 35.9 Å². The lowest BCUT2D eigenvalue weighted by atomic mass is 10.2. The van der Waals surface area contributed by atoms with Gasteiger partial charge in [0.05, 0.1) is 0 Å². The maximum Gasteiger partial charge on any atom is 0.417 e. The van der Waals surface area contributed by atoms with E-state index in [1.165, 1.54) is 6.92 Å². The number of nitrogens with zero attached hydrogens (tertiary/aromatic N) is 1. The van der Waals surface area contributed by atoms with Crippen LogP contribution in [-0.2, 0) is 25.7 Å². The van der Waals surface area contributed by atoms with E-state index in [0.717, 1.165) is 10.5 Å². The predicted molar refractivity (Wildman–Crippen MR) is 89.1 cm³/mol. The smallest absolute Gasteiger partial charge is 0.417 e. The Balaban J connectivity index is 2.79. The summed E-state index contributed by atoms with van der Waals surface area (Å²) in [5.74, 6) is -1.15. The average molecular weight is 335 g/mol. The molecule has 0 aliphatic heterocycles. The largest absolute Gasteiger partial charge is 0.459 e. The maximum atomic E-state index is 12.3. The zero-order chi connectivity index (χ0) is 18.3. The molecule has 0 aliphatic carbocycles. The van der Waals surface area contributed by atoms with Crippen molar-refractivity contribution in [2.24, 2.45) is 0 Å². The Labute approximate surface area is 142 Å². The molecule has 0 fully saturated rings. The maximum absolute atomic E-state index is 12.3. The van der Waals surface area contributed by atoms with Crippen molar-refractivity contribution in [1.82, 2.24) is 4.90 Å². The normalized spacial score (nSPS) is 12.2. The molecule has 0 radical (unpaired) electrons. The summed E-state index contributed by atoms with van der Waals surface area (Å²) < 4.78 is 10.4. The fourth-order valence-electron chi connectivity index (χ4n) is 1.91. The Morgan fingerprint density at radius 3 is 2.21 bits per heavy atom. The van der Waals surface area contributed by atoms with Crippen LogP contribution in [0.1, 0.15) is 46.6 Å². The number of imide groups is 1. The molecule has 2 amide bonds. The third kappa shape index (κ3) is 6.02. The lowest BCUT2D eigenvalue weighted by molar-refractivity contribution is -0.154. The highest BCUT2D eigenvalue weighted by atomic mass is 16.6. The molecule has 0 bridgehead atoms. The summed E-state index contributed by atoms with van der Waals surface area (Å²) >= 11 is 0. The van der Waals surface area contributed by atoms with Gasteiger partial charge in [0.25, 0.3) is 0 Å². The SMILES string of the molecule is CCC(=O)N(C(=O)OC(C)(C)C)[C@H](C)C(=O)OCc1ccccc1. The molecule has 0 spiro atoms. The second kappa shape index (κ2) is 8.47. The van der Waals surface area contributed by atoms with Crippen LogP contribution in [0.2, 0.25) is 0 Å². The number of carbonyl (C=O) groups excluding carboxylic acids is 3. The molecular formula is C18H25NO5. The van der Waals surface area contributed by atoms with Crippen LogP contribution in [0.4, 0.5) is 4.79 Å². The van der Waals surface area contributed by atoms with E-state index in [-0.39, 0.29) is 13.0 Å². The highest BCUT2D eigenvalue weighted by molar-refractivity contribution is 5.96. The van der Waals surface area contributed by atoms with Crippen molar-refractivity contribution < 1.29 is 23.9 Å². The molecule has 1 rings (SSSR count). The van der Waals surface area contributed by atoms with Gasteiger partial charge in [-0.3, -0.25) is 4.79 Å². The van der Waals surface area contributed by atoms with Crippen molar-refractivity contribution in [1.29, 1.82) is 0 Å². The molecule has 132 valence electrons. The van der Waals surface area contributed by atoms with Gasteiger partial charge in [0.2, 0.25) is 5.91 Å². The number of esters is 1. The third-order valence-electron chi connectivity index (χ3n) is 3.11. The molecule has 0 unspecified atom stereocenters. The van der Waals surface area contributed by atoms with Crippen LogP contribution in [0, 0.1) is 0 Å². The first kappa shape index (κ1) is 19.7. The Morgan fingerprint density at radius 1 is 1.12 bits per heavy atom. The van der Waals surface area contributed by atoms with Gasteiger partial charge < -0.3 is 9.47 Å². The number of rotatable bonds is 5. The minimum atomic E-state index is -1.06. The quantitative estimate of drug-likeness (QED) is 0.772. The first-order valence-corrected chi connectivity index (χ1v) is 7.91. The van der Waals surface area contributed by atoms with Gasteiger partial charge >= 0.3 is 12.1 Å². The van der Waals surface area contributed by atoms with Crippen LogP contribution in [0.5, 0.6) is 0 Å². The third-order valence-corrected chi connectivity index (χ3v) is 3.11. The van der Waals surface area contributed by atoms with Crippen LogP contribution < -0.4 is 0 Å². The Hall–Kier alpha value is -2.37. The van der Waals surface area contributed by atoms with E-state index in [1.54, 1.807) is 27.7 Å². The van der Waals surface area contributed by atoms with Crippen LogP contribution in [-0.4, -0.2) is 34.5 Å². The lowest BCUT2D eigenvalue weighted by Gasteiger charge is -2.29. The average Bonchev–Trinajstić information content (AvgIpc) is 2.51. The van der Waals surface area contributed by atoms with Gasteiger partial charge in [-0.25, -0.2) is 14.5 Å². The zero-order valence-corrected chi connectivity index (χ0v) is 14.9. The van der Waals surface area contributed by atoms with Gasteiger partial charge in [-0.15, -0.1) is 0 Å². The molecule has 24 heavy (non-hydrogen) atoms. The molecule has 0 N–H and O–H groups in total. The highest BCUT2D eigenvalue weighted by Gasteiger charge is 2.34. The van der Waals surface area contributed by atoms with Gasteiger partial charge in [0, 0.05) is 6.42 Å². The molecule has 1 aromatic rings.